The summed E-state index contributed by atoms with van der Waals surface area (Å²) in [5.74, 6) is 2.88. The van der Waals surface area contributed by atoms with E-state index in [1.54, 1.807) is 0 Å². The summed E-state index contributed by atoms with van der Waals surface area (Å²) >= 11 is 0. The van der Waals surface area contributed by atoms with Crippen molar-refractivity contribution >= 4 is 11.9 Å². The number of nitrogens with one attached hydrogen (secondary N) is 3. The molecule has 0 aromatic heterocycles. The first-order chi connectivity index (χ1) is 13.9. The normalized spacial score (nSPS) is 31.7. The number of urea groups is 1. The predicted molar refractivity (Wildman–Crippen MR) is 111 cm³/mol. The SMILES string of the molecule is C[C@@H](C(=O)NC(=O)NC12CC3CC(CC(C3)C1)C2)[NH+](C)CCOc1ccccc1. The highest BCUT2D eigenvalue weighted by Crippen LogP contribution is 2.55. The third-order valence-electron chi connectivity index (χ3n) is 7.29. The Labute approximate surface area is 173 Å². The van der Waals surface area contributed by atoms with Crippen LogP contribution in [0.15, 0.2) is 30.3 Å². The van der Waals surface area contributed by atoms with Crippen LogP contribution in [0.2, 0.25) is 0 Å². The average molecular weight is 401 g/mol. The van der Waals surface area contributed by atoms with Gasteiger partial charge in [-0.05, 0) is 75.3 Å². The summed E-state index contributed by atoms with van der Waals surface area (Å²) in [6.45, 7) is 3.05. The third-order valence-corrected chi connectivity index (χ3v) is 7.29. The number of rotatable bonds is 7. The van der Waals surface area contributed by atoms with Gasteiger partial charge in [-0.25, -0.2) is 4.79 Å². The number of benzene rings is 1. The fourth-order valence-electron chi connectivity index (χ4n) is 6.04. The number of carbonyl (C=O) groups is 2. The van der Waals surface area contributed by atoms with Crippen LogP contribution >= 0.6 is 0 Å². The molecular weight excluding hydrogens is 366 g/mol. The summed E-state index contributed by atoms with van der Waals surface area (Å²) in [6.07, 6.45) is 7.24. The van der Waals surface area contributed by atoms with Crippen LogP contribution in [0, 0.1) is 17.8 Å². The zero-order valence-corrected chi connectivity index (χ0v) is 17.6. The molecule has 4 fully saturated rings. The summed E-state index contributed by atoms with van der Waals surface area (Å²) in [7, 11) is 1.95. The maximum atomic E-state index is 12.6. The topological polar surface area (TPSA) is 71.9 Å². The minimum Gasteiger partial charge on any atom is -0.488 e. The molecule has 2 atom stereocenters. The highest BCUT2D eigenvalue weighted by atomic mass is 16.5. The van der Waals surface area contributed by atoms with Crippen LogP contribution in [0.3, 0.4) is 0 Å². The van der Waals surface area contributed by atoms with Crippen molar-refractivity contribution in [3.63, 3.8) is 0 Å². The largest absolute Gasteiger partial charge is 0.488 e. The lowest BCUT2D eigenvalue weighted by atomic mass is 9.53. The molecule has 6 nitrogen and oxygen atoms in total. The zero-order valence-electron chi connectivity index (χ0n) is 17.6. The monoisotopic (exact) mass is 400 g/mol. The van der Waals surface area contributed by atoms with Crippen molar-refractivity contribution in [3.05, 3.63) is 30.3 Å². The molecule has 29 heavy (non-hydrogen) atoms. The molecule has 1 aromatic rings. The van der Waals surface area contributed by atoms with Crippen LogP contribution in [0.5, 0.6) is 5.75 Å². The van der Waals surface area contributed by atoms with Crippen molar-refractivity contribution in [2.24, 2.45) is 17.8 Å². The number of amides is 3. The Morgan fingerprint density at radius 3 is 2.28 bits per heavy atom. The third kappa shape index (κ3) is 4.74. The van der Waals surface area contributed by atoms with Crippen LogP contribution in [-0.4, -0.2) is 43.7 Å². The lowest BCUT2D eigenvalue weighted by Crippen LogP contribution is -3.14. The van der Waals surface area contributed by atoms with E-state index in [1.807, 2.05) is 44.3 Å². The van der Waals surface area contributed by atoms with Gasteiger partial charge in [0.2, 0.25) is 0 Å². The molecule has 0 heterocycles. The van der Waals surface area contributed by atoms with Gasteiger partial charge in [-0.2, -0.15) is 0 Å². The number of quaternary nitrogens is 1. The first kappa shape index (κ1) is 20.2. The Hall–Kier alpha value is -2.08. The second kappa shape index (κ2) is 8.34. The minimum atomic E-state index is -0.323. The maximum absolute atomic E-state index is 12.6. The standard InChI is InChI=1S/C23H33N3O3/c1-16(26(2)8-9-29-20-6-4-3-5-7-20)21(27)24-22(28)25-23-13-17-10-18(14-23)12-19(11-17)15-23/h3-7,16-19H,8-15H2,1-2H3,(H2,24,25,27,28)/p+1/t16-,17?,18?,19?,23?/m0/s1. The van der Waals surface area contributed by atoms with Crippen molar-refractivity contribution in [3.8, 4) is 5.75 Å². The number of para-hydroxylation sites is 1. The summed E-state index contributed by atoms with van der Waals surface area (Å²) in [6, 6.07) is 9.01. The molecule has 1 aromatic carbocycles. The van der Waals surface area contributed by atoms with E-state index >= 15 is 0 Å². The van der Waals surface area contributed by atoms with Gasteiger partial charge in [0.25, 0.3) is 5.91 Å². The Morgan fingerprint density at radius 2 is 1.69 bits per heavy atom. The smallest absolute Gasteiger partial charge is 0.322 e. The van der Waals surface area contributed by atoms with Gasteiger partial charge < -0.3 is 15.0 Å². The predicted octanol–water partition coefficient (Wildman–Crippen LogP) is 1.76. The molecule has 3 N–H and O–H groups in total. The minimum absolute atomic E-state index is 0.0787. The highest BCUT2D eigenvalue weighted by molar-refractivity contribution is 5.96. The molecule has 0 radical (unpaired) electrons. The fourth-order valence-corrected chi connectivity index (χ4v) is 6.04. The molecule has 4 aliphatic carbocycles. The number of likely N-dealkylation sites (N-methyl/N-ethyl adjacent to an activating group) is 1. The van der Waals surface area contributed by atoms with Gasteiger partial charge in [0.05, 0.1) is 7.05 Å². The first-order valence-electron chi connectivity index (χ1n) is 11.1. The Bertz CT molecular complexity index is 701. The number of hydrogen-bond acceptors (Lipinski definition) is 3. The van der Waals surface area contributed by atoms with Crippen LogP contribution < -0.4 is 20.3 Å². The van der Waals surface area contributed by atoms with Crippen molar-refractivity contribution in [2.75, 3.05) is 20.2 Å². The molecule has 1 unspecified atom stereocenters. The molecule has 3 amide bonds. The Balaban J connectivity index is 1.22. The van der Waals surface area contributed by atoms with E-state index in [0.29, 0.717) is 13.2 Å². The Morgan fingerprint density at radius 1 is 1.10 bits per heavy atom. The number of carbonyl (C=O) groups excluding carboxylic acids is 2. The molecule has 4 bridgehead atoms. The summed E-state index contributed by atoms with van der Waals surface area (Å²) < 4.78 is 5.71. The van der Waals surface area contributed by atoms with Crippen molar-refractivity contribution in [1.82, 2.24) is 10.6 Å². The average Bonchev–Trinajstić information content (AvgIpc) is 2.66. The zero-order chi connectivity index (χ0) is 20.4. The van der Waals surface area contributed by atoms with Gasteiger partial charge in [-0.3, -0.25) is 10.1 Å². The van der Waals surface area contributed by atoms with Gasteiger partial charge in [0.1, 0.15) is 18.9 Å². The van der Waals surface area contributed by atoms with E-state index in [0.717, 1.165) is 47.7 Å². The summed E-state index contributed by atoms with van der Waals surface area (Å²) in [5.41, 5.74) is -0.0787. The molecule has 0 saturated heterocycles. The maximum Gasteiger partial charge on any atom is 0.322 e. The van der Waals surface area contributed by atoms with Crippen LogP contribution in [0.1, 0.15) is 45.4 Å². The summed E-state index contributed by atoms with van der Waals surface area (Å²) in [5, 5.41) is 5.80. The number of ether oxygens (including phenoxy) is 1. The summed E-state index contributed by atoms with van der Waals surface area (Å²) in [4.78, 5) is 26.2. The van der Waals surface area contributed by atoms with Crippen molar-refractivity contribution in [1.29, 1.82) is 0 Å². The lowest BCUT2D eigenvalue weighted by Gasteiger charge is -2.56. The first-order valence-corrected chi connectivity index (χ1v) is 11.1. The van der Waals surface area contributed by atoms with E-state index in [2.05, 4.69) is 10.6 Å². The van der Waals surface area contributed by atoms with Crippen molar-refractivity contribution < 1.29 is 19.2 Å². The second-order valence-electron chi connectivity index (χ2n) is 9.62. The van der Waals surface area contributed by atoms with E-state index < -0.39 is 0 Å². The molecule has 4 aliphatic rings. The van der Waals surface area contributed by atoms with Gasteiger partial charge in [-0.15, -0.1) is 0 Å². The highest BCUT2D eigenvalue weighted by Gasteiger charge is 2.51. The van der Waals surface area contributed by atoms with Crippen LogP contribution in [-0.2, 0) is 4.79 Å². The van der Waals surface area contributed by atoms with E-state index in [-0.39, 0.29) is 23.5 Å². The molecule has 0 aliphatic heterocycles. The van der Waals surface area contributed by atoms with E-state index in [4.69, 9.17) is 4.74 Å². The van der Waals surface area contributed by atoms with Crippen LogP contribution in [0.25, 0.3) is 0 Å². The molecule has 158 valence electrons. The molecule has 0 spiro atoms. The fraction of sp³-hybridized carbons (Fsp3) is 0.652. The number of hydrogen-bond donors (Lipinski definition) is 3. The quantitative estimate of drug-likeness (QED) is 0.653. The lowest BCUT2D eigenvalue weighted by molar-refractivity contribution is -0.894. The van der Waals surface area contributed by atoms with Crippen LogP contribution in [0.4, 0.5) is 4.79 Å². The molecule has 4 saturated carbocycles. The molecule has 5 rings (SSSR count). The van der Waals surface area contributed by atoms with Crippen molar-refractivity contribution in [2.45, 2.75) is 57.0 Å². The Kier molecular flexibility index (Phi) is 5.81. The molecule has 6 heteroatoms. The van der Waals surface area contributed by atoms with E-state index in [1.165, 1.54) is 19.3 Å². The van der Waals surface area contributed by atoms with Gasteiger partial charge in [-0.1, -0.05) is 18.2 Å². The molecular formula is C23H34N3O3+. The van der Waals surface area contributed by atoms with E-state index in [9.17, 15) is 9.59 Å². The van der Waals surface area contributed by atoms with Gasteiger partial charge >= 0.3 is 6.03 Å². The van der Waals surface area contributed by atoms with Gasteiger partial charge in [0, 0.05) is 5.54 Å². The second-order valence-corrected chi connectivity index (χ2v) is 9.62. The van der Waals surface area contributed by atoms with Gasteiger partial charge in [0.15, 0.2) is 6.04 Å². The number of imide groups is 1.